The van der Waals surface area contributed by atoms with E-state index in [1.165, 1.54) is 22.0 Å². The van der Waals surface area contributed by atoms with Crippen molar-refractivity contribution in [3.05, 3.63) is 24.3 Å². The first-order chi connectivity index (χ1) is 15.5. The van der Waals surface area contributed by atoms with Gasteiger partial charge in [-0.25, -0.2) is 0 Å². The summed E-state index contributed by atoms with van der Waals surface area (Å²) in [6.45, 7) is 2.82. The Morgan fingerprint density at radius 3 is 2.09 bits per heavy atom. The van der Waals surface area contributed by atoms with Crippen LogP contribution in [-0.4, -0.2) is 61.4 Å². The van der Waals surface area contributed by atoms with E-state index in [0.717, 1.165) is 13.8 Å². The van der Waals surface area contributed by atoms with Crippen LogP contribution >= 0.6 is 0 Å². The van der Waals surface area contributed by atoms with E-state index in [1.807, 2.05) is 0 Å². The minimum absolute atomic E-state index is 0.185. The van der Waals surface area contributed by atoms with Crippen LogP contribution in [0.5, 0.6) is 0 Å². The molecular weight excluding hydrogens is 467 g/mol. The third-order valence-corrected chi connectivity index (χ3v) is 5.42. The van der Waals surface area contributed by atoms with Crippen molar-refractivity contribution in [1.29, 1.82) is 0 Å². The fraction of sp³-hybridized carbons (Fsp3) is 0.524. The Morgan fingerprint density at radius 1 is 1.03 bits per heavy atom. The molecule has 1 atom stereocenters. The number of anilines is 2. The summed E-state index contributed by atoms with van der Waals surface area (Å²) in [6.07, 6.45) is -5.88. The molecule has 0 fully saturated rings. The third-order valence-electron chi connectivity index (χ3n) is 5.42. The van der Waals surface area contributed by atoms with Gasteiger partial charge in [0.15, 0.2) is 0 Å². The second-order valence-corrected chi connectivity index (χ2v) is 8.24. The van der Waals surface area contributed by atoms with E-state index in [4.69, 9.17) is 0 Å². The van der Waals surface area contributed by atoms with E-state index in [9.17, 15) is 41.1 Å². The zero-order valence-electron chi connectivity index (χ0n) is 18.9. The van der Waals surface area contributed by atoms with Gasteiger partial charge >= 0.3 is 12.1 Å². The van der Waals surface area contributed by atoms with Gasteiger partial charge in [-0.05, 0) is 32.9 Å². The van der Waals surface area contributed by atoms with Crippen LogP contribution in [0.4, 0.5) is 33.3 Å². The number of carbonyl (C=O) groups excluding carboxylic acids is 4. The topological polar surface area (TPSA) is 98.8 Å². The second-order valence-electron chi connectivity index (χ2n) is 8.24. The zero-order valence-corrected chi connectivity index (χ0v) is 18.9. The molecule has 1 aromatic rings. The van der Waals surface area contributed by atoms with E-state index in [2.05, 4.69) is 5.32 Å². The molecule has 4 amide bonds. The highest BCUT2D eigenvalue weighted by atomic mass is 19.4. The molecule has 1 unspecified atom stereocenters. The minimum Gasteiger partial charge on any atom is -0.349 e. The van der Waals surface area contributed by atoms with Gasteiger partial charge in [0.1, 0.15) is 11.5 Å². The largest absolute Gasteiger partial charge is 0.455 e. The highest BCUT2D eigenvalue weighted by Crippen LogP contribution is 2.35. The number of rotatable bonds is 6. The number of halogens is 5. The van der Waals surface area contributed by atoms with Crippen LogP contribution in [0.1, 0.15) is 27.7 Å². The van der Waals surface area contributed by atoms with Crippen molar-refractivity contribution in [2.75, 3.05) is 29.4 Å². The van der Waals surface area contributed by atoms with Crippen LogP contribution in [0.3, 0.4) is 0 Å². The lowest BCUT2D eigenvalue weighted by atomic mass is 9.90. The van der Waals surface area contributed by atoms with Crippen molar-refractivity contribution in [1.82, 2.24) is 10.6 Å². The van der Waals surface area contributed by atoms with Gasteiger partial charge in [-0.15, -0.1) is 0 Å². The van der Waals surface area contributed by atoms with Gasteiger partial charge in [0.2, 0.25) is 17.7 Å². The molecule has 2 rings (SSSR count). The molecule has 1 heterocycles. The minimum atomic E-state index is -5.88. The maximum Gasteiger partial charge on any atom is 0.455 e. The van der Waals surface area contributed by atoms with Gasteiger partial charge in [0.25, 0.3) is 5.91 Å². The normalized spacial score (nSPS) is 17.1. The average Bonchev–Trinajstić information content (AvgIpc) is 2.85. The van der Waals surface area contributed by atoms with E-state index in [-0.39, 0.29) is 13.1 Å². The number of nitrogens with one attached hydrogen (secondary N) is 2. The van der Waals surface area contributed by atoms with Gasteiger partial charge in [-0.1, -0.05) is 12.1 Å². The van der Waals surface area contributed by atoms with Crippen molar-refractivity contribution in [2.45, 2.75) is 45.8 Å². The predicted molar refractivity (Wildman–Crippen MR) is 112 cm³/mol. The highest BCUT2D eigenvalue weighted by Gasteiger charge is 2.57. The number of para-hydroxylation sites is 2. The van der Waals surface area contributed by atoms with Crippen LogP contribution in [0.25, 0.3) is 0 Å². The standard InChI is InChI=1S/C21H25F5N4O4/c1-5-29-14-8-6-7-9-15(14)30(12(2)31)10-13(16(29)32)28-18(34)19(3,4)17(33)27-11-20(22,23)21(24,25)26/h6-9,13H,5,10-11H2,1-4H3,(H,27,33)(H,28,34). The molecule has 13 heteroatoms. The molecule has 0 aromatic heterocycles. The van der Waals surface area contributed by atoms with Crippen LogP contribution in [0, 0.1) is 5.41 Å². The van der Waals surface area contributed by atoms with Gasteiger partial charge in [0, 0.05) is 13.5 Å². The molecular formula is C21H25F5N4O4. The summed E-state index contributed by atoms with van der Waals surface area (Å²) in [5.41, 5.74) is -1.26. The second kappa shape index (κ2) is 9.55. The summed E-state index contributed by atoms with van der Waals surface area (Å²) >= 11 is 0. The Hall–Kier alpha value is -3.25. The summed E-state index contributed by atoms with van der Waals surface area (Å²) in [7, 11) is 0. The number of benzene rings is 1. The Balaban J connectivity index is 2.25. The molecule has 34 heavy (non-hydrogen) atoms. The van der Waals surface area contributed by atoms with E-state index < -0.39 is 53.7 Å². The van der Waals surface area contributed by atoms with Crippen molar-refractivity contribution >= 4 is 35.0 Å². The van der Waals surface area contributed by atoms with Gasteiger partial charge in [0.05, 0.1) is 24.5 Å². The molecule has 2 N–H and O–H groups in total. The maximum atomic E-state index is 13.2. The Bertz CT molecular complexity index is 965. The quantitative estimate of drug-likeness (QED) is 0.470. The molecule has 8 nitrogen and oxygen atoms in total. The van der Waals surface area contributed by atoms with E-state index in [0.29, 0.717) is 11.4 Å². The first-order valence-corrected chi connectivity index (χ1v) is 10.3. The zero-order chi connectivity index (χ0) is 26.1. The van der Waals surface area contributed by atoms with Crippen LogP contribution in [0.2, 0.25) is 0 Å². The lowest BCUT2D eigenvalue weighted by Crippen LogP contribution is -2.58. The smallest absolute Gasteiger partial charge is 0.349 e. The van der Waals surface area contributed by atoms with Crippen LogP contribution < -0.4 is 20.4 Å². The SMILES string of the molecule is CCN1C(=O)C(NC(=O)C(C)(C)C(=O)NCC(F)(F)C(F)(F)F)CN(C(C)=O)c2ccccc21. The molecule has 0 bridgehead atoms. The first-order valence-electron chi connectivity index (χ1n) is 10.3. The average molecular weight is 492 g/mol. The number of likely N-dealkylation sites (N-methyl/N-ethyl adjacent to an activating group) is 1. The molecule has 188 valence electrons. The molecule has 1 aliphatic rings. The fourth-order valence-corrected chi connectivity index (χ4v) is 3.27. The number of hydrogen-bond donors (Lipinski definition) is 2. The van der Waals surface area contributed by atoms with Gasteiger partial charge in [-0.3, -0.25) is 19.2 Å². The molecule has 1 aromatic carbocycles. The molecule has 1 aliphatic heterocycles. The molecule has 0 saturated heterocycles. The summed E-state index contributed by atoms with van der Waals surface area (Å²) in [5, 5.41) is 3.79. The van der Waals surface area contributed by atoms with Crippen molar-refractivity contribution < 1.29 is 41.1 Å². The maximum absolute atomic E-state index is 13.2. The van der Waals surface area contributed by atoms with Crippen LogP contribution in [0.15, 0.2) is 24.3 Å². The summed E-state index contributed by atoms with van der Waals surface area (Å²) in [6, 6.07) is 5.25. The molecule has 0 spiro atoms. The number of hydrogen-bond acceptors (Lipinski definition) is 4. The molecule has 0 saturated carbocycles. The summed E-state index contributed by atoms with van der Waals surface area (Å²) < 4.78 is 63.4. The number of amides is 4. The lowest BCUT2D eigenvalue weighted by Gasteiger charge is -2.29. The molecule has 0 radical (unpaired) electrons. The molecule has 0 aliphatic carbocycles. The monoisotopic (exact) mass is 492 g/mol. The lowest BCUT2D eigenvalue weighted by molar-refractivity contribution is -0.278. The Labute approximate surface area is 192 Å². The van der Waals surface area contributed by atoms with E-state index in [1.54, 1.807) is 31.2 Å². The van der Waals surface area contributed by atoms with Crippen molar-refractivity contribution in [3.63, 3.8) is 0 Å². The van der Waals surface area contributed by atoms with Crippen LogP contribution in [-0.2, 0) is 19.2 Å². The first kappa shape index (κ1) is 27.0. The number of carbonyl (C=O) groups is 4. The van der Waals surface area contributed by atoms with Gasteiger partial charge < -0.3 is 20.4 Å². The summed E-state index contributed by atoms with van der Waals surface area (Å²) in [5.74, 6) is -8.70. The van der Waals surface area contributed by atoms with E-state index >= 15 is 0 Å². The number of alkyl halides is 5. The number of nitrogens with zero attached hydrogens (tertiary/aromatic N) is 2. The third kappa shape index (κ3) is 5.28. The van der Waals surface area contributed by atoms with Crippen molar-refractivity contribution in [2.24, 2.45) is 5.41 Å². The predicted octanol–water partition coefficient (Wildman–Crippen LogP) is 2.23. The Kier molecular flexibility index (Phi) is 7.58. The fourth-order valence-electron chi connectivity index (χ4n) is 3.27. The van der Waals surface area contributed by atoms with Crippen molar-refractivity contribution in [3.8, 4) is 0 Å². The number of fused-ring (bicyclic) bond motifs is 1. The van der Waals surface area contributed by atoms with Gasteiger partial charge in [-0.2, -0.15) is 22.0 Å². The summed E-state index contributed by atoms with van der Waals surface area (Å²) in [4.78, 5) is 53.2. The Morgan fingerprint density at radius 2 is 1.59 bits per heavy atom. The highest BCUT2D eigenvalue weighted by molar-refractivity contribution is 6.10.